The van der Waals surface area contributed by atoms with Crippen molar-refractivity contribution in [2.75, 3.05) is 4.90 Å². The summed E-state index contributed by atoms with van der Waals surface area (Å²) in [5, 5.41) is 0. The number of para-hydroxylation sites is 1. The fourth-order valence-corrected chi connectivity index (χ4v) is 3.78. The van der Waals surface area contributed by atoms with Crippen molar-refractivity contribution in [2.24, 2.45) is 0 Å². The van der Waals surface area contributed by atoms with Gasteiger partial charge in [-0.3, -0.25) is 0 Å². The molecule has 0 saturated heterocycles. The van der Waals surface area contributed by atoms with Crippen LogP contribution in [0.5, 0.6) is 0 Å². The van der Waals surface area contributed by atoms with E-state index in [-0.39, 0.29) is 0 Å². The Morgan fingerprint density at radius 3 is 2.80 bits per heavy atom. The van der Waals surface area contributed by atoms with E-state index in [0.29, 0.717) is 11.9 Å². The number of fused-ring (bicyclic) bond motifs is 1. The summed E-state index contributed by atoms with van der Waals surface area (Å²) in [6, 6.07) is 15.7. The van der Waals surface area contributed by atoms with Gasteiger partial charge in [0, 0.05) is 27.8 Å². The molecular formula is C17H17BrClN. The molecule has 1 unspecified atom stereocenters. The number of hydrogen-bond acceptors (Lipinski definition) is 1. The second-order valence-electron chi connectivity index (χ2n) is 5.30. The number of halogens is 2. The predicted octanol–water partition coefficient (Wildman–Crippen LogP) is 5.66. The average molecular weight is 351 g/mol. The molecule has 0 saturated carbocycles. The lowest BCUT2D eigenvalue weighted by Crippen LogP contribution is -2.33. The van der Waals surface area contributed by atoms with Crippen molar-refractivity contribution in [1.82, 2.24) is 0 Å². The topological polar surface area (TPSA) is 3.24 Å². The van der Waals surface area contributed by atoms with Crippen LogP contribution >= 0.6 is 27.5 Å². The van der Waals surface area contributed by atoms with Crippen molar-refractivity contribution >= 4 is 38.9 Å². The van der Waals surface area contributed by atoms with Gasteiger partial charge in [0.1, 0.15) is 0 Å². The molecule has 1 heterocycles. The van der Waals surface area contributed by atoms with E-state index in [1.165, 1.54) is 23.4 Å². The average Bonchev–Trinajstić information content (AvgIpc) is 2.47. The summed E-state index contributed by atoms with van der Waals surface area (Å²) in [5.74, 6) is 0.535. The van der Waals surface area contributed by atoms with Crippen molar-refractivity contribution in [3.63, 3.8) is 0 Å². The van der Waals surface area contributed by atoms with Crippen LogP contribution < -0.4 is 4.90 Å². The van der Waals surface area contributed by atoms with Gasteiger partial charge in [0.2, 0.25) is 0 Å². The maximum Gasteiger partial charge on any atom is 0.0485 e. The molecule has 3 rings (SSSR count). The minimum Gasteiger partial charge on any atom is -0.338 e. The summed E-state index contributed by atoms with van der Waals surface area (Å²) < 4.78 is 1.08. The smallest absolute Gasteiger partial charge is 0.0485 e. The molecule has 1 atom stereocenters. The number of aryl methyl sites for hydroxylation is 1. The van der Waals surface area contributed by atoms with Gasteiger partial charge >= 0.3 is 0 Å². The highest BCUT2D eigenvalue weighted by Gasteiger charge is 2.24. The van der Waals surface area contributed by atoms with E-state index < -0.39 is 0 Å². The van der Waals surface area contributed by atoms with Crippen LogP contribution in [-0.4, -0.2) is 6.04 Å². The summed E-state index contributed by atoms with van der Waals surface area (Å²) in [6.45, 7) is 2.29. The molecule has 0 bridgehead atoms. The normalized spacial score (nSPS) is 17.9. The molecule has 3 heteroatoms. The maximum atomic E-state index is 5.94. The Labute approximate surface area is 133 Å². The summed E-state index contributed by atoms with van der Waals surface area (Å²) in [5.41, 5.74) is 5.12. The fourth-order valence-electron chi connectivity index (χ4n) is 2.88. The Hall–Kier alpha value is -0.990. The summed E-state index contributed by atoms with van der Waals surface area (Å²) in [4.78, 5) is 2.43. The molecule has 0 spiro atoms. The Morgan fingerprint density at radius 2 is 2.05 bits per heavy atom. The summed E-state index contributed by atoms with van der Waals surface area (Å²) >= 11 is 9.56. The minimum absolute atomic E-state index is 0.513. The van der Waals surface area contributed by atoms with Crippen LogP contribution in [0.3, 0.4) is 0 Å². The van der Waals surface area contributed by atoms with Crippen LogP contribution in [0.2, 0.25) is 0 Å². The van der Waals surface area contributed by atoms with Gasteiger partial charge in [-0.05, 0) is 49.1 Å². The molecule has 20 heavy (non-hydrogen) atoms. The van der Waals surface area contributed by atoms with Crippen molar-refractivity contribution in [3.8, 4) is 0 Å². The van der Waals surface area contributed by atoms with E-state index in [2.05, 4.69) is 70.2 Å². The predicted molar refractivity (Wildman–Crippen MR) is 90.1 cm³/mol. The van der Waals surface area contributed by atoms with Crippen LogP contribution in [0, 0.1) is 0 Å². The standard InChI is InChI=1S/C17H17BrClN/c1-12-6-7-13-4-2-3-5-17(13)20(12)15-9-8-14(11-19)16(18)10-15/h2-5,8-10,12H,6-7,11H2,1H3. The molecule has 2 aromatic rings. The van der Waals surface area contributed by atoms with Gasteiger partial charge in [0.25, 0.3) is 0 Å². The van der Waals surface area contributed by atoms with Crippen LogP contribution in [0.4, 0.5) is 11.4 Å². The van der Waals surface area contributed by atoms with Crippen LogP contribution in [0.15, 0.2) is 46.9 Å². The lowest BCUT2D eigenvalue weighted by molar-refractivity contribution is 0.618. The molecule has 0 amide bonds. The zero-order chi connectivity index (χ0) is 14.1. The molecule has 0 radical (unpaired) electrons. The van der Waals surface area contributed by atoms with Crippen LogP contribution in [0.25, 0.3) is 0 Å². The van der Waals surface area contributed by atoms with Gasteiger partial charge in [-0.1, -0.05) is 40.2 Å². The van der Waals surface area contributed by atoms with E-state index in [1.807, 2.05) is 0 Å². The van der Waals surface area contributed by atoms with Gasteiger partial charge in [0.15, 0.2) is 0 Å². The molecule has 0 aliphatic carbocycles. The monoisotopic (exact) mass is 349 g/mol. The Kier molecular flexibility index (Phi) is 4.04. The first kappa shape index (κ1) is 14.0. The molecule has 1 aliphatic heterocycles. The van der Waals surface area contributed by atoms with E-state index in [4.69, 9.17) is 11.6 Å². The molecule has 0 aromatic heterocycles. The van der Waals surface area contributed by atoms with Gasteiger partial charge in [-0.15, -0.1) is 11.6 Å². The van der Waals surface area contributed by atoms with Crippen molar-refractivity contribution < 1.29 is 0 Å². The Balaban J connectivity index is 2.07. The number of anilines is 2. The first-order valence-corrected chi connectivity index (χ1v) is 8.25. The van der Waals surface area contributed by atoms with Crippen LogP contribution in [0.1, 0.15) is 24.5 Å². The first-order chi connectivity index (χ1) is 9.70. The molecular weight excluding hydrogens is 334 g/mol. The lowest BCUT2D eigenvalue weighted by Gasteiger charge is -2.37. The van der Waals surface area contributed by atoms with Gasteiger partial charge in [-0.25, -0.2) is 0 Å². The molecule has 1 aliphatic rings. The van der Waals surface area contributed by atoms with Crippen molar-refractivity contribution in [1.29, 1.82) is 0 Å². The van der Waals surface area contributed by atoms with Crippen molar-refractivity contribution in [2.45, 2.75) is 31.7 Å². The third kappa shape index (κ3) is 2.47. The first-order valence-electron chi connectivity index (χ1n) is 6.92. The Morgan fingerprint density at radius 1 is 1.25 bits per heavy atom. The maximum absolute atomic E-state index is 5.94. The largest absolute Gasteiger partial charge is 0.338 e. The van der Waals surface area contributed by atoms with Crippen LogP contribution in [-0.2, 0) is 12.3 Å². The highest BCUT2D eigenvalue weighted by Crippen LogP contribution is 2.38. The lowest BCUT2D eigenvalue weighted by atomic mass is 9.96. The quantitative estimate of drug-likeness (QED) is 0.632. The summed E-state index contributed by atoms with van der Waals surface area (Å²) in [6.07, 6.45) is 2.35. The highest BCUT2D eigenvalue weighted by molar-refractivity contribution is 9.10. The van der Waals surface area contributed by atoms with Gasteiger partial charge in [0.05, 0.1) is 0 Å². The molecule has 2 aromatic carbocycles. The number of benzene rings is 2. The second kappa shape index (κ2) is 5.79. The molecule has 104 valence electrons. The van der Waals surface area contributed by atoms with E-state index in [0.717, 1.165) is 16.5 Å². The molecule has 1 nitrogen and oxygen atoms in total. The van der Waals surface area contributed by atoms with Gasteiger partial charge in [-0.2, -0.15) is 0 Å². The van der Waals surface area contributed by atoms with E-state index >= 15 is 0 Å². The number of nitrogens with zero attached hydrogens (tertiary/aromatic N) is 1. The van der Waals surface area contributed by atoms with Gasteiger partial charge < -0.3 is 4.90 Å². The minimum atomic E-state index is 0.513. The van der Waals surface area contributed by atoms with E-state index in [9.17, 15) is 0 Å². The zero-order valence-electron chi connectivity index (χ0n) is 11.4. The molecule has 0 fully saturated rings. The second-order valence-corrected chi connectivity index (χ2v) is 6.42. The van der Waals surface area contributed by atoms with E-state index in [1.54, 1.807) is 0 Å². The number of alkyl halides is 1. The van der Waals surface area contributed by atoms with Crippen molar-refractivity contribution in [3.05, 3.63) is 58.1 Å². The number of hydrogen-bond donors (Lipinski definition) is 0. The fraction of sp³-hybridized carbons (Fsp3) is 0.294. The third-order valence-corrected chi connectivity index (χ3v) is 5.01. The Bertz CT molecular complexity index is 626. The highest BCUT2D eigenvalue weighted by atomic mass is 79.9. The SMILES string of the molecule is CC1CCc2ccccc2N1c1ccc(CCl)c(Br)c1. The summed E-state index contributed by atoms with van der Waals surface area (Å²) in [7, 11) is 0. The third-order valence-electron chi connectivity index (χ3n) is 3.98. The zero-order valence-corrected chi connectivity index (χ0v) is 13.8. The molecule has 0 N–H and O–H groups in total. The number of rotatable bonds is 2.